The van der Waals surface area contributed by atoms with E-state index in [0.29, 0.717) is 10.6 Å². The van der Waals surface area contributed by atoms with Crippen LogP contribution in [-0.4, -0.2) is 5.24 Å². The molecule has 0 saturated carbocycles. The summed E-state index contributed by atoms with van der Waals surface area (Å²) in [6, 6.07) is 13.0. The van der Waals surface area contributed by atoms with Crippen LogP contribution in [0.5, 0.6) is 0 Å². The van der Waals surface area contributed by atoms with E-state index in [1.165, 1.54) is 5.56 Å². The van der Waals surface area contributed by atoms with Crippen molar-refractivity contribution in [3.63, 3.8) is 0 Å². The molecule has 0 bridgehead atoms. The van der Waals surface area contributed by atoms with Gasteiger partial charge in [-0.25, -0.2) is 0 Å². The van der Waals surface area contributed by atoms with Gasteiger partial charge in [-0.2, -0.15) is 0 Å². The highest BCUT2D eigenvalue weighted by molar-refractivity contribution is 6.67. The van der Waals surface area contributed by atoms with E-state index in [9.17, 15) is 4.79 Å². The number of carbonyl (C=O) groups excluding carboxylic acids is 1. The highest BCUT2D eigenvalue weighted by atomic mass is 35.5. The molecule has 0 unspecified atom stereocenters. The molecule has 17 heavy (non-hydrogen) atoms. The zero-order valence-corrected chi connectivity index (χ0v) is 10.7. The fraction of sp³-hybridized carbons (Fsp3) is 0.0714. The van der Waals surface area contributed by atoms with Crippen molar-refractivity contribution in [3.05, 3.63) is 58.6 Å². The summed E-state index contributed by atoms with van der Waals surface area (Å²) in [6.45, 7) is 2.02. The van der Waals surface area contributed by atoms with E-state index >= 15 is 0 Å². The zero-order chi connectivity index (χ0) is 12.4. The van der Waals surface area contributed by atoms with Crippen LogP contribution in [0.3, 0.4) is 0 Å². The molecule has 0 saturated heterocycles. The molecule has 2 aromatic rings. The third-order valence-corrected chi connectivity index (χ3v) is 3.10. The summed E-state index contributed by atoms with van der Waals surface area (Å²) in [5.74, 6) is 0. The first-order valence-electron chi connectivity index (χ1n) is 5.14. The van der Waals surface area contributed by atoms with Crippen LogP contribution in [0.4, 0.5) is 0 Å². The van der Waals surface area contributed by atoms with Gasteiger partial charge in [0.15, 0.2) is 0 Å². The molecule has 0 heterocycles. The van der Waals surface area contributed by atoms with Gasteiger partial charge in [0, 0.05) is 16.1 Å². The average Bonchev–Trinajstić information content (AvgIpc) is 2.31. The van der Waals surface area contributed by atoms with Crippen LogP contribution in [0.25, 0.3) is 11.1 Å². The average molecular weight is 265 g/mol. The third kappa shape index (κ3) is 2.68. The van der Waals surface area contributed by atoms with Crippen molar-refractivity contribution in [2.75, 3.05) is 0 Å². The Bertz CT molecular complexity index is 559. The number of rotatable bonds is 2. The van der Waals surface area contributed by atoms with E-state index in [-0.39, 0.29) is 0 Å². The molecule has 0 radical (unpaired) electrons. The van der Waals surface area contributed by atoms with Gasteiger partial charge < -0.3 is 0 Å². The lowest BCUT2D eigenvalue weighted by Gasteiger charge is -2.06. The SMILES string of the molecule is Cc1ccc(-c2cc(C(=O)Cl)ccc2Cl)cc1. The molecule has 0 aliphatic carbocycles. The van der Waals surface area contributed by atoms with E-state index in [1.807, 2.05) is 31.2 Å². The first-order valence-corrected chi connectivity index (χ1v) is 5.90. The molecule has 2 aromatic carbocycles. The molecule has 3 heteroatoms. The second-order valence-corrected chi connectivity index (χ2v) is 4.58. The first-order chi connectivity index (χ1) is 8.08. The normalized spacial score (nSPS) is 10.3. The predicted octanol–water partition coefficient (Wildman–Crippen LogP) is 4.69. The van der Waals surface area contributed by atoms with Crippen LogP contribution in [0.2, 0.25) is 5.02 Å². The summed E-state index contributed by atoms with van der Waals surface area (Å²) in [6.07, 6.45) is 0. The number of aryl methyl sites for hydroxylation is 1. The van der Waals surface area contributed by atoms with Gasteiger partial charge in [0.25, 0.3) is 5.24 Å². The lowest BCUT2D eigenvalue weighted by Crippen LogP contribution is -1.90. The Kier molecular flexibility index (Phi) is 3.51. The minimum Gasteiger partial charge on any atom is -0.276 e. The van der Waals surface area contributed by atoms with Crippen molar-refractivity contribution < 1.29 is 4.79 Å². The van der Waals surface area contributed by atoms with Gasteiger partial charge in [0.1, 0.15) is 0 Å². The number of carbonyl (C=O) groups is 1. The molecule has 1 nitrogen and oxygen atoms in total. The van der Waals surface area contributed by atoms with Gasteiger partial charge in [0.05, 0.1) is 0 Å². The summed E-state index contributed by atoms with van der Waals surface area (Å²) in [5.41, 5.74) is 3.42. The number of hydrogen-bond acceptors (Lipinski definition) is 1. The van der Waals surface area contributed by atoms with Crippen LogP contribution in [0.15, 0.2) is 42.5 Å². The molecule has 0 spiro atoms. The summed E-state index contributed by atoms with van der Waals surface area (Å²) in [7, 11) is 0. The van der Waals surface area contributed by atoms with Gasteiger partial charge in [-0.05, 0) is 42.3 Å². The molecule has 2 rings (SSSR count). The van der Waals surface area contributed by atoms with Gasteiger partial charge in [0.2, 0.25) is 0 Å². The van der Waals surface area contributed by atoms with Crippen molar-refractivity contribution in [1.82, 2.24) is 0 Å². The van der Waals surface area contributed by atoms with Crippen LogP contribution in [-0.2, 0) is 0 Å². The Labute approximate surface area is 110 Å². The molecule has 0 fully saturated rings. The molecule has 0 amide bonds. The van der Waals surface area contributed by atoms with E-state index < -0.39 is 5.24 Å². The van der Waals surface area contributed by atoms with E-state index in [4.69, 9.17) is 23.2 Å². The van der Waals surface area contributed by atoms with Crippen LogP contribution < -0.4 is 0 Å². The minimum atomic E-state index is -0.477. The highest BCUT2D eigenvalue weighted by Crippen LogP contribution is 2.29. The Balaban J connectivity index is 2.54. The van der Waals surface area contributed by atoms with Crippen molar-refractivity contribution in [3.8, 4) is 11.1 Å². The smallest absolute Gasteiger partial charge is 0.252 e. The van der Waals surface area contributed by atoms with E-state index in [1.54, 1.807) is 18.2 Å². The van der Waals surface area contributed by atoms with E-state index in [0.717, 1.165) is 11.1 Å². The summed E-state index contributed by atoms with van der Waals surface area (Å²) in [5, 5.41) is 0.130. The molecule has 0 aliphatic rings. The Morgan fingerprint density at radius 2 is 1.71 bits per heavy atom. The standard InChI is InChI=1S/C14H10Cl2O/c1-9-2-4-10(5-3-9)12-8-11(14(16)17)6-7-13(12)15/h2-8H,1H3. The fourth-order valence-electron chi connectivity index (χ4n) is 1.60. The molecule has 0 atom stereocenters. The van der Waals surface area contributed by atoms with Gasteiger partial charge in [-0.1, -0.05) is 41.4 Å². The lowest BCUT2D eigenvalue weighted by atomic mass is 10.0. The Morgan fingerprint density at radius 1 is 1.06 bits per heavy atom. The summed E-state index contributed by atoms with van der Waals surface area (Å²) >= 11 is 11.6. The van der Waals surface area contributed by atoms with Crippen LogP contribution in [0, 0.1) is 6.92 Å². The molecule has 0 N–H and O–H groups in total. The number of hydrogen-bond donors (Lipinski definition) is 0. The third-order valence-electron chi connectivity index (χ3n) is 2.56. The number of halogens is 2. The van der Waals surface area contributed by atoms with Crippen molar-refractivity contribution in [2.24, 2.45) is 0 Å². The van der Waals surface area contributed by atoms with Crippen molar-refractivity contribution in [1.29, 1.82) is 0 Å². The second kappa shape index (κ2) is 4.91. The molecular formula is C14H10Cl2O. The maximum Gasteiger partial charge on any atom is 0.252 e. The predicted molar refractivity (Wildman–Crippen MR) is 71.8 cm³/mol. The quantitative estimate of drug-likeness (QED) is 0.719. The Morgan fingerprint density at radius 3 is 2.29 bits per heavy atom. The number of benzene rings is 2. The lowest BCUT2D eigenvalue weighted by molar-refractivity contribution is 0.108. The monoisotopic (exact) mass is 264 g/mol. The highest BCUT2D eigenvalue weighted by Gasteiger charge is 2.08. The van der Waals surface area contributed by atoms with Crippen LogP contribution in [0.1, 0.15) is 15.9 Å². The molecular weight excluding hydrogens is 255 g/mol. The van der Waals surface area contributed by atoms with Crippen LogP contribution >= 0.6 is 23.2 Å². The maximum absolute atomic E-state index is 11.1. The second-order valence-electron chi connectivity index (χ2n) is 3.83. The summed E-state index contributed by atoms with van der Waals surface area (Å²) < 4.78 is 0. The topological polar surface area (TPSA) is 17.1 Å². The minimum absolute atomic E-state index is 0.451. The molecule has 0 aromatic heterocycles. The first kappa shape index (κ1) is 12.2. The van der Waals surface area contributed by atoms with Gasteiger partial charge >= 0.3 is 0 Å². The fourth-order valence-corrected chi connectivity index (χ4v) is 1.95. The Hall–Kier alpha value is -1.31. The molecule has 0 aliphatic heterocycles. The molecule has 86 valence electrons. The van der Waals surface area contributed by atoms with Crippen molar-refractivity contribution in [2.45, 2.75) is 6.92 Å². The summed E-state index contributed by atoms with van der Waals surface area (Å²) in [4.78, 5) is 11.1. The maximum atomic E-state index is 11.1. The zero-order valence-electron chi connectivity index (χ0n) is 9.21. The van der Waals surface area contributed by atoms with E-state index in [2.05, 4.69) is 0 Å². The van der Waals surface area contributed by atoms with Gasteiger partial charge in [-0.15, -0.1) is 0 Å². The van der Waals surface area contributed by atoms with Gasteiger partial charge in [-0.3, -0.25) is 4.79 Å². The van der Waals surface area contributed by atoms with Crippen molar-refractivity contribution >= 4 is 28.4 Å². The largest absolute Gasteiger partial charge is 0.276 e.